The van der Waals surface area contributed by atoms with Gasteiger partial charge in [0.1, 0.15) is 28.6 Å². The van der Waals surface area contributed by atoms with Crippen LogP contribution in [-0.4, -0.2) is 88.9 Å². The molecule has 0 radical (unpaired) electrons. The van der Waals surface area contributed by atoms with Gasteiger partial charge in [0.15, 0.2) is 29.1 Å². The Hall–Kier alpha value is -3.92. The van der Waals surface area contributed by atoms with Gasteiger partial charge >= 0.3 is 5.97 Å². The SMILES string of the molecule is O=C(O)[C@H]1O[C@@H](Oc2cc3oc(-c4ccc(O)cc4CCCO)cc(=O)c3c(O)c2O)[C@H](O)C(O)(O)[C@@H]1O. The predicted octanol–water partition coefficient (Wildman–Crippen LogP) is -0.907. The highest BCUT2D eigenvalue weighted by Crippen LogP contribution is 2.43. The molecule has 1 aliphatic rings. The number of aliphatic hydroxyl groups excluding tert-OH is 3. The summed E-state index contributed by atoms with van der Waals surface area (Å²) < 4.78 is 15.9. The lowest BCUT2D eigenvalue weighted by atomic mass is 9.95. The number of rotatable bonds is 7. The van der Waals surface area contributed by atoms with E-state index in [1.54, 1.807) is 0 Å². The van der Waals surface area contributed by atoms with Crippen molar-refractivity contribution in [3.05, 3.63) is 46.1 Å². The number of aliphatic carboxylic acids is 1. The zero-order valence-corrected chi connectivity index (χ0v) is 19.4. The Morgan fingerprint density at radius 3 is 2.39 bits per heavy atom. The Labute approximate surface area is 212 Å². The summed E-state index contributed by atoms with van der Waals surface area (Å²) in [5.74, 6) is -8.05. The molecule has 0 aliphatic carbocycles. The molecule has 4 rings (SSSR count). The normalized spacial score (nSPS) is 22.9. The smallest absolute Gasteiger partial charge is 0.335 e. The maximum atomic E-state index is 12.8. The molecule has 38 heavy (non-hydrogen) atoms. The molecule has 2 aromatic carbocycles. The van der Waals surface area contributed by atoms with Gasteiger partial charge < -0.3 is 59.8 Å². The zero-order chi connectivity index (χ0) is 27.9. The number of aromatic hydroxyl groups is 3. The molecule has 9 N–H and O–H groups in total. The summed E-state index contributed by atoms with van der Waals surface area (Å²) >= 11 is 0. The molecule has 0 unspecified atom stereocenters. The Kier molecular flexibility index (Phi) is 7.20. The number of ether oxygens (including phenoxy) is 2. The summed E-state index contributed by atoms with van der Waals surface area (Å²) in [5.41, 5.74) is -0.215. The summed E-state index contributed by atoms with van der Waals surface area (Å²) in [4.78, 5) is 24.2. The van der Waals surface area contributed by atoms with E-state index in [-0.39, 0.29) is 23.7 Å². The number of aliphatic hydroxyl groups is 5. The van der Waals surface area contributed by atoms with Gasteiger partial charge in [0.05, 0.1) is 0 Å². The Balaban J connectivity index is 1.80. The molecule has 204 valence electrons. The Morgan fingerprint density at radius 2 is 1.74 bits per heavy atom. The van der Waals surface area contributed by atoms with Crippen molar-refractivity contribution in [3.8, 4) is 34.3 Å². The standard InChI is InChI=1S/C24H24O14/c25-5-1-2-9-6-10(26)3-4-11(9)13-7-12(27)16-14(36-13)8-15(17(28)18(16)29)37-23-21(31)24(34,35)20(30)19(38-23)22(32)33/h3-4,6-8,19-21,23,25-26,28-31,34-35H,1-2,5H2,(H,32,33)/t19-,20+,21-,23+/m0/s1. The number of hydrogen-bond acceptors (Lipinski definition) is 13. The van der Waals surface area contributed by atoms with Gasteiger partial charge in [-0.15, -0.1) is 0 Å². The largest absolute Gasteiger partial charge is 0.508 e. The number of aryl methyl sites for hydroxylation is 1. The zero-order valence-electron chi connectivity index (χ0n) is 19.4. The second-order valence-electron chi connectivity index (χ2n) is 8.64. The van der Waals surface area contributed by atoms with Crippen molar-refractivity contribution in [2.45, 2.75) is 43.2 Å². The minimum atomic E-state index is -3.40. The Bertz CT molecular complexity index is 1430. The van der Waals surface area contributed by atoms with Crippen molar-refractivity contribution < 1.29 is 64.6 Å². The van der Waals surface area contributed by atoms with Gasteiger partial charge in [-0.1, -0.05) is 0 Å². The maximum absolute atomic E-state index is 12.8. The van der Waals surface area contributed by atoms with E-state index in [9.17, 15) is 55.5 Å². The molecule has 1 saturated heterocycles. The van der Waals surface area contributed by atoms with Gasteiger partial charge in [0.25, 0.3) is 0 Å². The van der Waals surface area contributed by atoms with Crippen LogP contribution in [0.5, 0.6) is 23.0 Å². The van der Waals surface area contributed by atoms with Crippen LogP contribution in [0.2, 0.25) is 0 Å². The van der Waals surface area contributed by atoms with Crippen molar-refractivity contribution in [1.82, 2.24) is 0 Å². The van der Waals surface area contributed by atoms with Crippen LogP contribution in [0.4, 0.5) is 0 Å². The van der Waals surface area contributed by atoms with Crippen molar-refractivity contribution >= 4 is 16.9 Å². The lowest BCUT2D eigenvalue weighted by Crippen LogP contribution is -2.69. The monoisotopic (exact) mass is 536 g/mol. The number of carboxylic acids is 1. The third kappa shape index (κ3) is 4.71. The highest BCUT2D eigenvalue weighted by molar-refractivity contribution is 5.89. The van der Waals surface area contributed by atoms with Crippen molar-refractivity contribution in [2.24, 2.45) is 0 Å². The number of carbonyl (C=O) groups is 1. The van der Waals surface area contributed by atoms with E-state index in [0.29, 0.717) is 24.0 Å². The molecular formula is C24H24O14. The minimum Gasteiger partial charge on any atom is -0.508 e. The quantitative estimate of drug-likeness (QED) is 0.131. The topological polar surface area (TPSA) is 248 Å². The van der Waals surface area contributed by atoms with Crippen LogP contribution in [0, 0.1) is 0 Å². The van der Waals surface area contributed by atoms with Gasteiger partial charge in [-0.25, -0.2) is 4.79 Å². The number of fused-ring (bicyclic) bond motifs is 1. The number of benzene rings is 2. The molecule has 1 aliphatic heterocycles. The molecule has 0 saturated carbocycles. The first kappa shape index (κ1) is 27.1. The molecule has 1 aromatic heterocycles. The van der Waals surface area contributed by atoms with E-state index in [1.165, 1.54) is 18.2 Å². The van der Waals surface area contributed by atoms with Crippen LogP contribution < -0.4 is 10.2 Å². The second kappa shape index (κ2) is 10.1. The molecular weight excluding hydrogens is 512 g/mol. The highest BCUT2D eigenvalue weighted by atomic mass is 16.7. The lowest BCUT2D eigenvalue weighted by Gasteiger charge is -2.43. The molecule has 14 heteroatoms. The highest BCUT2D eigenvalue weighted by Gasteiger charge is 2.58. The number of phenols is 3. The third-order valence-corrected chi connectivity index (χ3v) is 6.07. The number of phenolic OH excluding ortho intramolecular Hbond substituents is 3. The van der Waals surface area contributed by atoms with E-state index in [1.807, 2.05) is 0 Å². The van der Waals surface area contributed by atoms with Gasteiger partial charge in [0.2, 0.25) is 17.8 Å². The molecule has 14 nitrogen and oxygen atoms in total. The van der Waals surface area contributed by atoms with E-state index >= 15 is 0 Å². The van der Waals surface area contributed by atoms with Crippen molar-refractivity contribution in [2.75, 3.05) is 6.61 Å². The molecule has 0 bridgehead atoms. The maximum Gasteiger partial charge on any atom is 0.335 e. The first-order valence-electron chi connectivity index (χ1n) is 11.2. The average Bonchev–Trinajstić information content (AvgIpc) is 2.85. The molecule has 0 spiro atoms. The Morgan fingerprint density at radius 1 is 1.03 bits per heavy atom. The van der Waals surface area contributed by atoms with Gasteiger partial charge in [0, 0.05) is 24.3 Å². The van der Waals surface area contributed by atoms with Gasteiger partial charge in [-0.05, 0) is 36.6 Å². The van der Waals surface area contributed by atoms with Crippen LogP contribution in [0.25, 0.3) is 22.3 Å². The fourth-order valence-corrected chi connectivity index (χ4v) is 4.09. The van der Waals surface area contributed by atoms with Crippen LogP contribution in [0.3, 0.4) is 0 Å². The fraction of sp³-hybridized carbons (Fsp3) is 0.333. The van der Waals surface area contributed by atoms with E-state index in [0.717, 1.165) is 12.1 Å². The number of carboxylic acid groups (broad SMARTS) is 1. The predicted molar refractivity (Wildman–Crippen MR) is 124 cm³/mol. The van der Waals surface area contributed by atoms with E-state index in [4.69, 9.17) is 13.9 Å². The first-order chi connectivity index (χ1) is 17.9. The molecule has 2 heterocycles. The minimum absolute atomic E-state index is 0.0146. The van der Waals surface area contributed by atoms with Crippen LogP contribution in [0.15, 0.2) is 39.5 Å². The summed E-state index contributed by atoms with van der Waals surface area (Å²) in [6, 6.07) is 6.18. The van der Waals surface area contributed by atoms with Gasteiger partial charge in [-0.2, -0.15) is 0 Å². The van der Waals surface area contributed by atoms with Crippen LogP contribution >= 0.6 is 0 Å². The first-order valence-corrected chi connectivity index (χ1v) is 11.2. The summed E-state index contributed by atoms with van der Waals surface area (Å²) in [6.07, 6.45) is -8.71. The number of hydrogen-bond donors (Lipinski definition) is 9. The van der Waals surface area contributed by atoms with Gasteiger partial charge in [-0.3, -0.25) is 4.79 Å². The average molecular weight is 536 g/mol. The lowest BCUT2D eigenvalue weighted by molar-refractivity contribution is -0.369. The summed E-state index contributed by atoms with van der Waals surface area (Å²) in [5, 5.41) is 88.7. The molecule has 0 amide bonds. The summed E-state index contributed by atoms with van der Waals surface area (Å²) in [6.45, 7) is -0.136. The molecule has 4 atom stereocenters. The molecule has 3 aromatic rings. The third-order valence-electron chi connectivity index (χ3n) is 6.07. The van der Waals surface area contributed by atoms with Crippen molar-refractivity contribution in [1.29, 1.82) is 0 Å². The summed E-state index contributed by atoms with van der Waals surface area (Å²) in [7, 11) is 0. The molecule has 1 fully saturated rings. The van der Waals surface area contributed by atoms with Crippen LogP contribution in [0.1, 0.15) is 12.0 Å². The van der Waals surface area contributed by atoms with Crippen molar-refractivity contribution in [3.63, 3.8) is 0 Å². The van der Waals surface area contributed by atoms with E-state index in [2.05, 4.69) is 0 Å². The van der Waals surface area contributed by atoms with Crippen LogP contribution in [-0.2, 0) is 16.0 Å². The fourth-order valence-electron chi connectivity index (χ4n) is 4.09. The second-order valence-corrected chi connectivity index (χ2v) is 8.64. The van der Waals surface area contributed by atoms with E-state index < -0.39 is 64.4 Å².